The van der Waals surface area contributed by atoms with Crippen LogP contribution in [0.4, 0.5) is 0 Å². The first-order valence-corrected chi connectivity index (χ1v) is 6.52. The monoisotopic (exact) mass is 294 g/mol. The maximum atomic E-state index is 11.2. The van der Waals surface area contributed by atoms with Crippen LogP contribution in [0.1, 0.15) is 13.3 Å². The Labute approximate surface area is 109 Å². The second-order valence-corrected chi connectivity index (χ2v) is 4.69. The molecule has 2 aromatic rings. The smallest absolute Gasteiger partial charge is 0.219 e. The van der Waals surface area contributed by atoms with Crippen molar-refractivity contribution >= 4 is 32.7 Å². The first-order chi connectivity index (χ1) is 8.22. The van der Waals surface area contributed by atoms with Gasteiger partial charge in [0.15, 0.2) is 0 Å². The number of rotatable bonds is 4. The highest BCUT2D eigenvalue weighted by Crippen LogP contribution is 2.23. The Morgan fingerprint density at radius 1 is 1.41 bits per heavy atom. The zero-order valence-corrected chi connectivity index (χ0v) is 11.3. The van der Waals surface area contributed by atoms with Gasteiger partial charge in [-0.05, 0) is 28.1 Å². The van der Waals surface area contributed by atoms with Crippen LogP contribution in [0.2, 0.25) is 0 Å². The molecule has 0 spiro atoms. The van der Waals surface area contributed by atoms with Gasteiger partial charge in [0.05, 0.1) is 4.60 Å². The number of para-hydroxylation sites is 1. The van der Waals surface area contributed by atoms with Crippen LogP contribution in [0.15, 0.2) is 34.9 Å². The zero-order chi connectivity index (χ0) is 12.3. The Bertz CT molecular complexity index is 533. The Balaban J connectivity index is 2.12. The van der Waals surface area contributed by atoms with Crippen molar-refractivity contribution in [3.63, 3.8) is 0 Å². The summed E-state index contributed by atoms with van der Waals surface area (Å²) in [5.41, 5.74) is 1.19. The second kappa shape index (κ2) is 5.36. The predicted molar refractivity (Wildman–Crippen MR) is 72.9 cm³/mol. The molecule has 1 aromatic heterocycles. The number of benzene rings is 1. The molecule has 2 rings (SSSR count). The highest BCUT2D eigenvalue weighted by Gasteiger charge is 2.05. The molecule has 0 aliphatic carbocycles. The number of hydrogen-bond donors (Lipinski definition) is 1. The molecule has 0 bridgehead atoms. The molecule has 0 saturated heterocycles. The molecular weight excluding hydrogens is 280 g/mol. The maximum absolute atomic E-state index is 11.2. The van der Waals surface area contributed by atoms with E-state index in [0.29, 0.717) is 13.0 Å². The van der Waals surface area contributed by atoms with Gasteiger partial charge < -0.3 is 9.88 Å². The van der Waals surface area contributed by atoms with Crippen molar-refractivity contribution in [1.29, 1.82) is 0 Å². The lowest BCUT2D eigenvalue weighted by Crippen LogP contribution is -2.26. The minimum atomic E-state index is 0.0950. The highest BCUT2D eigenvalue weighted by molar-refractivity contribution is 9.10. The third-order valence-corrected chi connectivity index (χ3v) is 3.40. The van der Waals surface area contributed by atoms with E-state index in [1.165, 1.54) is 10.9 Å². The van der Waals surface area contributed by atoms with Crippen molar-refractivity contribution in [2.75, 3.05) is 6.54 Å². The van der Waals surface area contributed by atoms with E-state index >= 15 is 0 Å². The molecule has 17 heavy (non-hydrogen) atoms. The summed E-state index contributed by atoms with van der Waals surface area (Å²) in [4.78, 5) is 11.2. The Morgan fingerprint density at radius 3 is 2.94 bits per heavy atom. The summed E-state index contributed by atoms with van der Waals surface area (Å²) in [5.74, 6) is 0.0950. The SMILES string of the molecule is CCC(=O)NCCn1c(Br)cc2ccccc21. The van der Waals surface area contributed by atoms with Crippen LogP contribution in [0.25, 0.3) is 10.9 Å². The standard InChI is InChI=1S/C13H15BrN2O/c1-2-13(17)15-7-8-16-11-6-4-3-5-10(11)9-12(16)14/h3-6,9H,2,7-8H2,1H3,(H,15,17). The molecule has 1 N–H and O–H groups in total. The molecule has 3 nitrogen and oxygen atoms in total. The molecule has 4 heteroatoms. The number of aromatic nitrogens is 1. The third-order valence-electron chi connectivity index (χ3n) is 2.74. The summed E-state index contributed by atoms with van der Waals surface area (Å²) in [6.07, 6.45) is 0.535. The van der Waals surface area contributed by atoms with Crippen molar-refractivity contribution in [3.8, 4) is 0 Å². The van der Waals surface area contributed by atoms with Crippen LogP contribution in [-0.4, -0.2) is 17.0 Å². The van der Waals surface area contributed by atoms with Gasteiger partial charge in [-0.2, -0.15) is 0 Å². The van der Waals surface area contributed by atoms with E-state index in [9.17, 15) is 4.79 Å². The maximum Gasteiger partial charge on any atom is 0.219 e. The van der Waals surface area contributed by atoms with Gasteiger partial charge in [-0.25, -0.2) is 0 Å². The summed E-state index contributed by atoms with van der Waals surface area (Å²) >= 11 is 3.54. The summed E-state index contributed by atoms with van der Waals surface area (Å²) in [6, 6.07) is 10.3. The number of amides is 1. The van der Waals surface area contributed by atoms with Gasteiger partial charge in [-0.3, -0.25) is 4.79 Å². The number of fused-ring (bicyclic) bond motifs is 1. The molecule has 0 aliphatic heterocycles. The number of carbonyl (C=O) groups excluding carboxylic acids is 1. The van der Waals surface area contributed by atoms with Crippen LogP contribution < -0.4 is 5.32 Å². The number of carbonyl (C=O) groups is 1. The molecule has 1 heterocycles. The molecule has 1 aromatic carbocycles. The van der Waals surface area contributed by atoms with Crippen LogP contribution in [0.3, 0.4) is 0 Å². The summed E-state index contributed by atoms with van der Waals surface area (Å²) in [5, 5.41) is 4.09. The van der Waals surface area contributed by atoms with E-state index in [4.69, 9.17) is 0 Å². The number of nitrogens with zero attached hydrogens (tertiary/aromatic N) is 1. The van der Waals surface area contributed by atoms with Crippen molar-refractivity contribution < 1.29 is 4.79 Å². The molecule has 0 fully saturated rings. The molecule has 1 amide bonds. The van der Waals surface area contributed by atoms with E-state index in [2.05, 4.69) is 44.0 Å². The molecule has 0 atom stereocenters. The number of hydrogen-bond acceptors (Lipinski definition) is 1. The van der Waals surface area contributed by atoms with Crippen LogP contribution in [0, 0.1) is 0 Å². The number of nitrogens with one attached hydrogen (secondary N) is 1. The fraction of sp³-hybridized carbons (Fsp3) is 0.308. The molecule has 0 unspecified atom stereocenters. The predicted octanol–water partition coefficient (Wildman–Crippen LogP) is 2.93. The highest BCUT2D eigenvalue weighted by atomic mass is 79.9. The average molecular weight is 295 g/mol. The molecule has 0 radical (unpaired) electrons. The Morgan fingerprint density at radius 2 is 2.18 bits per heavy atom. The van der Waals surface area contributed by atoms with E-state index in [1.54, 1.807) is 0 Å². The van der Waals surface area contributed by atoms with Crippen molar-refractivity contribution in [2.45, 2.75) is 19.9 Å². The lowest BCUT2D eigenvalue weighted by atomic mass is 10.2. The van der Waals surface area contributed by atoms with Gasteiger partial charge in [0.2, 0.25) is 5.91 Å². The largest absolute Gasteiger partial charge is 0.354 e. The topological polar surface area (TPSA) is 34.0 Å². The van der Waals surface area contributed by atoms with Gasteiger partial charge in [0.25, 0.3) is 0 Å². The normalized spacial score (nSPS) is 10.7. The quantitative estimate of drug-likeness (QED) is 0.924. The minimum Gasteiger partial charge on any atom is -0.354 e. The summed E-state index contributed by atoms with van der Waals surface area (Å²) in [6.45, 7) is 3.29. The summed E-state index contributed by atoms with van der Waals surface area (Å²) in [7, 11) is 0. The van der Waals surface area contributed by atoms with E-state index in [0.717, 1.165) is 11.1 Å². The van der Waals surface area contributed by atoms with Gasteiger partial charge in [-0.1, -0.05) is 25.1 Å². The van der Waals surface area contributed by atoms with E-state index in [1.807, 2.05) is 19.1 Å². The molecule has 90 valence electrons. The fourth-order valence-corrected chi connectivity index (χ4v) is 2.45. The minimum absolute atomic E-state index is 0.0950. The first kappa shape index (κ1) is 12.2. The van der Waals surface area contributed by atoms with Crippen molar-refractivity contribution in [3.05, 3.63) is 34.9 Å². The number of halogens is 1. The van der Waals surface area contributed by atoms with Gasteiger partial charge in [0, 0.05) is 30.4 Å². The van der Waals surface area contributed by atoms with E-state index < -0.39 is 0 Å². The van der Waals surface area contributed by atoms with Crippen LogP contribution in [0.5, 0.6) is 0 Å². The molecular formula is C13H15BrN2O. The lowest BCUT2D eigenvalue weighted by Gasteiger charge is -2.08. The van der Waals surface area contributed by atoms with Crippen molar-refractivity contribution in [1.82, 2.24) is 9.88 Å². The van der Waals surface area contributed by atoms with Crippen LogP contribution >= 0.6 is 15.9 Å². The first-order valence-electron chi connectivity index (χ1n) is 5.73. The van der Waals surface area contributed by atoms with Gasteiger partial charge in [0.1, 0.15) is 0 Å². The fourth-order valence-electron chi connectivity index (χ4n) is 1.84. The molecule has 0 aliphatic rings. The average Bonchev–Trinajstić information content (AvgIpc) is 2.66. The van der Waals surface area contributed by atoms with Crippen LogP contribution in [-0.2, 0) is 11.3 Å². The van der Waals surface area contributed by atoms with Crippen molar-refractivity contribution in [2.24, 2.45) is 0 Å². The Hall–Kier alpha value is -1.29. The lowest BCUT2D eigenvalue weighted by molar-refractivity contribution is -0.120. The Kier molecular flexibility index (Phi) is 3.84. The zero-order valence-electron chi connectivity index (χ0n) is 9.74. The second-order valence-electron chi connectivity index (χ2n) is 3.88. The van der Waals surface area contributed by atoms with Gasteiger partial charge in [-0.15, -0.1) is 0 Å². The van der Waals surface area contributed by atoms with E-state index in [-0.39, 0.29) is 5.91 Å². The van der Waals surface area contributed by atoms with Gasteiger partial charge >= 0.3 is 0 Å². The third kappa shape index (κ3) is 2.69. The summed E-state index contributed by atoms with van der Waals surface area (Å²) < 4.78 is 3.20. The molecule has 0 saturated carbocycles.